The molecule has 0 bridgehead atoms. The van der Waals surface area contributed by atoms with Crippen LogP contribution in [0.3, 0.4) is 0 Å². The summed E-state index contributed by atoms with van der Waals surface area (Å²) in [6, 6.07) is 10.3. The molecule has 2 heterocycles. The summed E-state index contributed by atoms with van der Waals surface area (Å²) < 4.78 is 29.4. The molecular formula is C18H20F2N2O2S. The van der Waals surface area contributed by atoms with Crippen molar-refractivity contribution in [1.82, 2.24) is 10.2 Å². The average molecular weight is 366 g/mol. The number of thiophene rings is 1. The van der Waals surface area contributed by atoms with Gasteiger partial charge in [0.05, 0.1) is 5.56 Å². The van der Waals surface area contributed by atoms with Gasteiger partial charge in [-0.2, -0.15) is 8.78 Å². The fraction of sp³-hybridized carbons (Fsp3) is 0.389. The molecule has 4 nitrogen and oxygen atoms in total. The predicted octanol–water partition coefficient (Wildman–Crippen LogP) is 3.74. The van der Waals surface area contributed by atoms with Gasteiger partial charge in [0.25, 0.3) is 5.91 Å². The number of ether oxygens (including phenoxy) is 1. The predicted molar refractivity (Wildman–Crippen MR) is 93.2 cm³/mol. The molecule has 1 aliphatic rings. The van der Waals surface area contributed by atoms with Crippen LogP contribution in [0.5, 0.6) is 5.75 Å². The zero-order chi connectivity index (χ0) is 17.6. The lowest BCUT2D eigenvalue weighted by atomic mass is 10.0. The highest BCUT2D eigenvalue weighted by molar-refractivity contribution is 7.09. The minimum atomic E-state index is -2.95. The Morgan fingerprint density at radius 1 is 1.24 bits per heavy atom. The van der Waals surface area contributed by atoms with Crippen molar-refractivity contribution < 1.29 is 18.3 Å². The van der Waals surface area contributed by atoms with Crippen LogP contribution in [0.25, 0.3) is 0 Å². The van der Waals surface area contributed by atoms with Crippen LogP contribution >= 0.6 is 11.3 Å². The van der Waals surface area contributed by atoms with Crippen LogP contribution in [0, 0.1) is 0 Å². The number of hydrogen-bond donors (Lipinski definition) is 1. The van der Waals surface area contributed by atoms with Gasteiger partial charge >= 0.3 is 6.61 Å². The first kappa shape index (κ1) is 17.8. The third-order valence-electron chi connectivity index (χ3n) is 4.23. The van der Waals surface area contributed by atoms with Gasteiger partial charge in [0, 0.05) is 30.6 Å². The van der Waals surface area contributed by atoms with E-state index in [1.807, 2.05) is 6.07 Å². The van der Waals surface area contributed by atoms with Crippen molar-refractivity contribution in [3.8, 4) is 5.75 Å². The molecule has 0 spiro atoms. The molecule has 0 saturated carbocycles. The van der Waals surface area contributed by atoms with Crippen molar-refractivity contribution in [2.75, 3.05) is 13.1 Å². The van der Waals surface area contributed by atoms with E-state index < -0.39 is 6.61 Å². The Morgan fingerprint density at radius 2 is 2.00 bits per heavy atom. The van der Waals surface area contributed by atoms with Crippen LogP contribution in [-0.4, -0.2) is 36.5 Å². The van der Waals surface area contributed by atoms with E-state index in [9.17, 15) is 13.6 Å². The van der Waals surface area contributed by atoms with E-state index in [1.165, 1.54) is 17.0 Å². The first-order valence-electron chi connectivity index (χ1n) is 8.21. The zero-order valence-corrected chi connectivity index (χ0v) is 14.5. The number of piperidine rings is 1. The Hall–Kier alpha value is -1.99. The Kier molecular flexibility index (Phi) is 5.99. The quantitative estimate of drug-likeness (QED) is 0.847. The number of halogens is 2. The van der Waals surface area contributed by atoms with E-state index in [1.54, 1.807) is 23.5 Å². The topological polar surface area (TPSA) is 41.6 Å². The maximum Gasteiger partial charge on any atom is 0.387 e. The molecule has 3 rings (SSSR count). The first-order chi connectivity index (χ1) is 12.1. The molecule has 0 atom stereocenters. The van der Waals surface area contributed by atoms with E-state index in [-0.39, 0.29) is 23.3 Å². The highest BCUT2D eigenvalue weighted by Crippen LogP contribution is 2.21. The molecule has 1 fully saturated rings. The number of rotatable bonds is 6. The molecular weight excluding hydrogens is 346 g/mol. The minimum absolute atomic E-state index is 0.0479. The van der Waals surface area contributed by atoms with Crippen LogP contribution in [0.4, 0.5) is 8.78 Å². The molecule has 1 N–H and O–H groups in total. The third kappa shape index (κ3) is 4.99. The maximum absolute atomic E-state index is 12.5. The van der Waals surface area contributed by atoms with E-state index in [4.69, 9.17) is 0 Å². The number of amides is 1. The molecule has 1 aliphatic heterocycles. The van der Waals surface area contributed by atoms with Crippen LogP contribution in [-0.2, 0) is 6.54 Å². The summed E-state index contributed by atoms with van der Waals surface area (Å²) in [4.78, 5) is 16.1. The number of carbonyl (C=O) groups excluding carboxylic acids is 1. The average Bonchev–Trinajstić information content (AvgIpc) is 3.09. The third-order valence-corrected chi connectivity index (χ3v) is 5.09. The molecule has 0 unspecified atom stereocenters. The van der Waals surface area contributed by atoms with Crippen molar-refractivity contribution in [3.63, 3.8) is 0 Å². The minimum Gasteiger partial charge on any atom is -0.434 e. The molecule has 2 aromatic rings. The SMILES string of the molecule is O=C(NC1CCN(Cc2cccs2)CC1)c1ccccc1OC(F)F. The molecule has 1 amide bonds. The van der Waals surface area contributed by atoms with Gasteiger partial charge in [-0.15, -0.1) is 11.3 Å². The van der Waals surface area contributed by atoms with E-state index in [2.05, 4.69) is 26.4 Å². The second-order valence-corrected chi connectivity index (χ2v) is 7.01. The summed E-state index contributed by atoms with van der Waals surface area (Å²) in [7, 11) is 0. The normalized spacial score (nSPS) is 16.1. The number of likely N-dealkylation sites (tertiary alicyclic amines) is 1. The van der Waals surface area contributed by atoms with E-state index in [0.717, 1.165) is 32.5 Å². The Morgan fingerprint density at radius 3 is 2.68 bits per heavy atom. The lowest BCUT2D eigenvalue weighted by Gasteiger charge is -2.32. The van der Waals surface area contributed by atoms with Gasteiger partial charge in [-0.1, -0.05) is 18.2 Å². The van der Waals surface area contributed by atoms with Gasteiger partial charge in [0.1, 0.15) is 5.75 Å². The molecule has 1 aromatic carbocycles. The number of para-hydroxylation sites is 1. The Bertz CT molecular complexity index is 686. The van der Waals surface area contributed by atoms with Gasteiger partial charge in [-0.05, 0) is 36.4 Å². The van der Waals surface area contributed by atoms with Gasteiger partial charge in [-0.3, -0.25) is 9.69 Å². The summed E-state index contributed by atoms with van der Waals surface area (Å²) in [6.45, 7) is -0.214. The standard InChI is InChI=1S/C18H20F2N2O2S/c19-18(20)24-16-6-2-1-5-15(16)17(23)21-13-7-9-22(10-8-13)12-14-4-3-11-25-14/h1-6,11,13,18H,7-10,12H2,(H,21,23). The number of nitrogens with one attached hydrogen (secondary N) is 1. The van der Waals surface area contributed by atoms with Crippen LogP contribution in [0.1, 0.15) is 28.1 Å². The highest BCUT2D eigenvalue weighted by Gasteiger charge is 2.23. The van der Waals surface area contributed by atoms with Gasteiger partial charge in [-0.25, -0.2) is 0 Å². The number of hydrogen-bond acceptors (Lipinski definition) is 4. The first-order valence-corrected chi connectivity index (χ1v) is 9.09. The number of alkyl halides is 2. The molecule has 0 aliphatic carbocycles. The number of benzene rings is 1. The van der Waals surface area contributed by atoms with Crippen molar-refractivity contribution in [3.05, 3.63) is 52.2 Å². The highest BCUT2D eigenvalue weighted by atomic mass is 32.1. The fourth-order valence-electron chi connectivity index (χ4n) is 2.97. The molecule has 1 aromatic heterocycles. The van der Waals surface area contributed by atoms with Gasteiger partial charge < -0.3 is 10.1 Å². The summed E-state index contributed by atoms with van der Waals surface area (Å²) >= 11 is 1.75. The van der Waals surface area contributed by atoms with Gasteiger partial charge in [0.15, 0.2) is 0 Å². The monoisotopic (exact) mass is 366 g/mol. The maximum atomic E-state index is 12.5. The van der Waals surface area contributed by atoms with Crippen LogP contribution in [0.2, 0.25) is 0 Å². The summed E-state index contributed by atoms with van der Waals surface area (Å²) in [5.74, 6) is -0.460. The summed E-state index contributed by atoms with van der Waals surface area (Å²) in [6.07, 6.45) is 1.68. The van der Waals surface area contributed by atoms with Crippen molar-refractivity contribution >= 4 is 17.2 Å². The number of nitrogens with zero attached hydrogens (tertiary/aromatic N) is 1. The Balaban J connectivity index is 1.53. The lowest BCUT2D eigenvalue weighted by molar-refractivity contribution is -0.0501. The smallest absolute Gasteiger partial charge is 0.387 e. The second-order valence-electron chi connectivity index (χ2n) is 5.98. The summed E-state index contributed by atoms with van der Waals surface area (Å²) in [5, 5.41) is 5.01. The summed E-state index contributed by atoms with van der Waals surface area (Å²) in [5.41, 5.74) is 0.142. The fourth-order valence-corrected chi connectivity index (χ4v) is 3.72. The molecule has 25 heavy (non-hydrogen) atoms. The Labute approximate surface area is 149 Å². The largest absolute Gasteiger partial charge is 0.434 e. The van der Waals surface area contributed by atoms with E-state index in [0.29, 0.717) is 0 Å². The van der Waals surface area contributed by atoms with Crippen LogP contribution < -0.4 is 10.1 Å². The number of carbonyl (C=O) groups is 1. The molecule has 0 radical (unpaired) electrons. The molecule has 1 saturated heterocycles. The van der Waals surface area contributed by atoms with Crippen molar-refractivity contribution in [2.24, 2.45) is 0 Å². The zero-order valence-electron chi connectivity index (χ0n) is 13.7. The van der Waals surface area contributed by atoms with Crippen molar-refractivity contribution in [1.29, 1.82) is 0 Å². The van der Waals surface area contributed by atoms with Crippen LogP contribution in [0.15, 0.2) is 41.8 Å². The second kappa shape index (κ2) is 8.40. The van der Waals surface area contributed by atoms with Crippen molar-refractivity contribution in [2.45, 2.75) is 32.0 Å². The molecule has 134 valence electrons. The molecule has 7 heteroatoms. The lowest BCUT2D eigenvalue weighted by Crippen LogP contribution is -2.44. The van der Waals surface area contributed by atoms with Gasteiger partial charge in [0.2, 0.25) is 0 Å². The van der Waals surface area contributed by atoms with E-state index >= 15 is 0 Å².